The van der Waals surface area contributed by atoms with Gasteiger partial charge in [0.25, 0.3) is 5.69 Å². The summed E-state index contributed by atoms with van der Waals surface area (Å²) in [5.74, 6) is -0.303. The quantitative estimate of drug-likeness (QED) is 0.576. The number of carbonyl (C=O) groups is 2. The van der Waals surface area contributed by atoms with Crippen molar-refractivity contribution in [3.63, 3.8) is 0 Å². The Balaban J connectivity index is 1.95. The van der Waals surface area contributed by atoms with Crippen molar-refractivity contribution in [1.29, 1.82) is 0 Å². The van der Waals surface area contributed by atoms with Crippen molar-refractivity contribution in [2.24, 2.45) is 0 Å². The first kappa shape index (κ1) is 19.9. The van der Waals surface area contributed by atoms with Gasteiger partial charge in [0, 0.05) is 37.6 Å². The number of nitro groups is 1. The van der Waals surface area contributed by atoms with Crippen LogP contribution in [0.4, 0.5) is 17.1 Å². The summed E-state index contributed by atoms with van der Waals surface area (Å²) in [7, 11) is 3.42. The molecular formula is C19H22N4O4. The molecule has 0 spiro atoms. The Kier molecular flexibility index (Phi) is 6.48. The fourth-order valence-electron chi connectivity index (χ4n) is 2.31. The van der Waals surface area contributed by atoms with Crippen LogP contribution < -0.4 is 10.6 Å². The molecule has 2 aromatic carbocycles. The molecule has 0 aliphatic heterocycles. The van der Waals surface area contributed by atoms with E-state index in [0.29, 0.717) is 12.1 Å². The first-order valence-electron chi connectivity index (χ1n) is 8.37. The van der Waals surface area contributed by atoms with Crippen molar-refractivity contribution in [3.05, 3.63) is 64.2 Å². The third-order valence-corrected chi connectivity index (χ3v) is 3.91. The Morgan fingerprint density at radius 3 is 2.37 bits per heavy atom. The summed E-state index contributed by atoms with van der Waals surface area (Å²) in [6, 6.07) is 12.5. The number of benzene rings is 2. The van der Waals surface area contributed by atoms with Crippen molar-refractivity contribution in [2.45, 2.75) is 19.4 Å². The molecule has 0 aliphatic rings. The highest BCUT2D eigenvalue weighted by Crippen LogP contribution is 2.18. The van der Waals surface area contributed by atoms with Gasteiger partial charge >= 0.3 is 0 Å². The minimum Gasteiger partial charge on any atom is -0.374 e. The monoisotopic (exact) mass is 370 g/mol. The second kappa shape index (κ2) is 8.79. The Hall–Kier alpha value is -3.42. The van der Waals surface area contributed by atoms with Crippen molar-refractivity contribution < 1.29 is 14.5 Å². The fourth-order valence-corrected chi connectivity index (χ4v) is 2.31. The lowest BCUT2D eigenvalue weighted by Gasteiger charge is -2.16. The number of carbonyl (C=O) groups excluding carboxylic acids is 2. The second-order valence-electron chi connectivity index (χ2n) is 6.32. The molecule has 0 saturated carbocycles. The number of non-ortho nitro benzene ring substituents is 1. The molecule has 8 heteroatoms. The summed E-state index contributed by atoms with van der Waals surface area (Å²) in [5, 5.41) is 16.5. The van der Waals surface area contributed by atoms with Crippen LogP contribution in [-0.2, 0) is 16.0 Å². The molecular weight excluding hydrogens is 348 g/mol. The van der Waals surface area contributed by atoms with Gasteiger partial charge in [-0.2, -0.15) is 0 Å². The molecule has 0 fully saturated rings. The third kappa shape index (κ3) is 5.81. The molecule has 142 valence electrons. The largest absolute Gasteiger partial charge is 0.374 e. The SMILES string of the molecule is CC(Nc1ccc(CC(=O)N(C)C)cc1)C(=O)Nc1cccc([N+](=O)[O-])c1. The first-order chi connectivity index (χ1) is 12.8. The number of nitrogens with one attached hydrogen (secondary N) is 2. The highest BCUT2D eigenvalue weighted by molar-refractivity contribution is 5.96. The van der Waals surface area contributed by atoms with Crippen LogP contribution >= 0.6 is 0 Å². The summed E-state index contributed by atoms with van der Waals surface area (Å²) in [4.78, 5) is 35.8. The van der Waals surface area contributed by atoms with Gasteiger partial charge in [-0.15, -0.1) is 0 Å². The highest BCUT2D eigenvalue weighted by Gasteiger charge is 2.14. The minimum absolute atomic E-state index is 0.0143. The van der Waals surface area contributed by atoms with Crippen molar-refractivity contribution >= 4 is 28.9 Å². The van der Waals surface area contributed by atoms with E-state index in [9.17, 15) is 19.7 Å². The lowest BCUT2D eigenvalue weighted by atomic mass is 10.1. The van der Waals surface area contributed by atoms with Crippen molar-refractivity contribution in [3.8, 4) is 0 Å². The molecule has 8 nitrogen and oxygen atoms in total. The first-order valence-corrected chi connectivity index (χ1v) is 8.37. The van der Waals surface area contributed by atoms with Crippen molar-refractivity contribution in [1.82, 2.24) is 4.90 Å². The van der Waals surface area contributed by atoms with E-state index in [0.717, 1.165) is 11.3 Å². The Bertz CT molecular complexity index is 834. The summed E-state index contributed by atoms with van der Waals surface area (Å²) in [5.41, 5.74) is 1.89. The van der Waals surface area contributed by atoms with Gasteiger partial charge in [-0.3, -0.25) is 19.7 Å². The Morgan fingerprint density at radius 1 is 1.11 bits per heavy atom. The van der Waals surface area contributed by atoms with Gasteiger partial charge in [-0.1, -0.05) is 18.2 Å². The van der Waals surface area contributed by atoms with Gasteiger partial charge in [0.15, 0.2) is 0 Å². The number of likely N-dealkylation sites (N-methyl/N-ethyl adjacent to an activating group) is 1. The normalized spacial score (nSPS) is 11.4. The third-order valence-electron chi connectivity index (χ3n) is 3.91. The molecule has 27 heavy (non-hydrogen) atoms. The van der Waals surface area contributed by atoms with Gasteiger partial charge in [0.1, 0.15) is 6.04 Å². The van der Waals surface area contributed by atoms with Gasteiger partial charge in [0.2, 0.25) is 11.8 Å². The van der Waals surface area contributed by atoms with E-state index in [1.54, 1.807) is 39.2 Å². The molecule has 2 rings (SSSR count). The molecule has 0 aromatic heterocycles. The van der Waals surface area contributed by atoms with Crippen LogP contribution in [-0.4, -0.2) is 41.8 Å². The van der Waals surface area contributed by atoms with Gasteiger partial charge in [-0.25, -0.2) is 0 Å². The fraction of sp³-hybridized carbons (Fsp3) is 0.263. The van der Waals surface area contributed by atoms with Crippen molar-refractivity contribution in [2.75, 3.05) is 24.7 Å². The van der Waals surface area contributed by atoms with Crippen LogP contribution in [0.5, 0.6) is 0 Å². The summed E-state index contributed by atoms with van der Waals surface area (Å²) < 4.78 is 0. The molecule has 1 unspecified atom stereocenters. The second-order valence-corrected chi connectivity index (χ2v) is 6.32. The number of rotatable bonds is 7. The molecule has 0 saturated heterocycles. The molecule has 2 N–H and O–H groups in total. The predicted octanol–water partition coefficient (Wildman–Crippen LogP) is 2.66. The Labute approximate surface area is 157 Å². The number of amides is 2. The zero-order chi connectivity index (χ0) is 20.0. The number of hydrogen-bond donors (Lipinski definition) is 2. The lowest BCUT2D eigenvalue weighted by Crippen LogP contribution is -2.31. The summed E-state index contributed by atoms with van der Waals surface area (Å²) in [6.45, 7) is 1.69. The zero-order valence-electron chi connectivity index (χ0n) is 15.4. The molecule has 2 aromatic rings. The lowest BCUT2D eigenvalue weighted by molar-refractivity contribution is -0.384. The van der Waals surface area contributed by atoms with E-state index in [1.807, 2.05) is 12.1 Å². The van der Waals surface area contributed by atoms with Gasteiger partial charge < -0.3 is 15.5 Å². The van der Waals surface area contributed by atoms with E-state index >= 15 is 0 Å². The molecule has 1 atom stereocenters. The number of nitro benzene ring substituents is 1. The van der Waals surface area contributed by atoms with Gasteiger partial charge in [-0.05, 0) is 30.7 Å². The number of hydrogen-bond acceptors (Lipinski definition) is 5. The summed E-state index contributed by atoms with van der Waals surface area (Å²) in [6.07, 6.45) is 0.316. The smallest absolute Gasteiger partial charge is 0.271 e. The number of anilines is 2. The topological polar surface area (TPSA) is 105 Å². The van der Waals surface area contributed by atoms with Crippen LogP contribution in [0.15, 0.2) is 48.5 Å². The molecule has 0 bridgehead atoms. The van der Waals surface area contributed by atoms with Crippen LogP contribution in [0.2, 0.25) is 0 Å². The zero-order valence-corrected chi connectivity index (χ0v) is 15.4. The van der Waals surface area contributed by atoms with E-state index in [-0.39, 0.29) is 17.5 Å². The maximum absolute atomic E-state index is 12.3. The standard InChI is InChI=1S/C19H22N4O4/c1-13(19(25)21-16-5-4-6-17(12-16)23(26)27)20-15-9-7-14(8-10-15)11-18(24)22(2)3/h4-10,12-13,20H,11H2,1-3H3,(H,21,25). The molecule has 0 aliphatic carbocycles. The van der Waals surface area contributed by atoms with E-state index < -0.39 is 11.0 Å². The average Bonchev–Trinajstić information content (AvgIpc) is 2.63. The maximum Gasteiger partial charge on any atom is 0.271 e. The average molecular weight is 370 g/mol. The van der Waals surface area contributed by atoms with Crippen LogP contribution in [0.3, 0.4) is 0 Å². The van der Waals surface area contributed by atoms with E-state index in [2.05, 4.69) is 10.6 Å². The van der Waals surface area contributed by atoms with E-state index in [4.69, 9.17) is 0 Å². The van der Waals surface area contributed by atoms with Crippen LogP contribution in [0.1, 0.15) is 12.5 Å². The van der Waals surface area contributed by atoms with Gasteiger partial charge in [0.05, 0.1) is 11.3 Å². The Morgan fingerprint density at radius 2 is 1.78 bits per heavy atom. The molecule has 0 radical (unpaired) electrons. The maximum atomic E-state index is 12.3. The van der Waals surface area contributed by atoms with E-state index in [1.165, 1.54) is 23.1 Å². The highest BCUT2D eigenvalue weighted by atomic mass is 16.6. The molecule has 2 amide bonds. The molecule has 0 heterocycles. The minimum atomic E-state index is -0.557. The summed E-state index contributed by atoms with van der Waals surface area (Å²) >= 11 is 0. The van der Waals surface area contributed by atoms with Crippen LogP contribution in [0, 0.1) is 10.1 Å². The number of nitrogens with zero attached hydrogens (tertiary/aromatic N) is 2. The predicted molar refractivity (Wildman–Crippen MR) is 104 cm³/mol. The van der Waals surface area contributed by atoms with Crippen LogP contribution in [0.25, 0.3) is 0 Å².